The van der Waals surface area contributed by atoms with Gasteiger partial charge in [-0.1, -0.05) is 25.3 Å². The lowest BCUT2D eigenvalue weighted by molar-refractivity contribution is -0.122. The van der Waals surface area contributed by atoms with Crippen LogP contribution in [0.5, 0.6) is 0 Å². The van der Waals surface area contributed by atoms with Crippen LogP contribution in [-0.4, -0.2) is 31.3 Å². The van der Waals surface area contributed by atoms with E-state index < -0.39 is 0 Å². The van der Waals surface area contributed by atoms with E-state index in [9.17, 15) is 9.59 Å². The summed E-state index contributed by atoms with van der Waals surface area (Å²) in [4.78, 5) is 30.3. The number of nitrogens with one attached hydrogen (secondary N) is 1. The van der Waals surface area contributed by atoms with Crippen molar-refractivity contribution in [2.75, 3.05) is 0 Å². The van der Waals surface area contributed by atoms with Crippen molar-refractivity contribution >= 4 is 17.2 Å². The Hall–Kier alpha value is -2.74. The van der Waals surface area contributed by atoms with E-state index in [-0.39, 0.29) is 24.2 Å². The van der Waals surface area contributed by atoms with E-state index in [1.807, 2.05) is 17.5 Å². The van der Waals surface area contributed by atoms with Gasteiger partial charge >= 0.3 is 5.69 Å². The van der Waals surface area contributed by atoms with Crippen molar-refractivity contribution in [3.63, 3.8) is 0 Å². The molecule has 7 nitrogen and oxygen atoms in total. The highest BCUT2D eigenvalue weighted by Crippen LogP contribution is 2.24. The molecule has 1 amide bonds. The Morgan fingerprint density at radius 1 is 1.19 bits per heavy atom. The first-order valence-electron chi connectivity index (χ1n) is 9.16. The van der Waals surface area contributed by atoms with Gasteiger partial charge in [0.05, 0.1) is 10.6 Å². The number of rotatable bonds is 5. The average molecular weight is 383 g/mol. The molecule has 140 valence electrons. The molecule has 1 aliphatic rings. The van der Waals surface area contributed by atoms with Crippen molar-refractivity contribution in [3.05, 3.63) is 52.5 Å². The van der Waals surface area contributed by atoms with Crippen molar-refractivity contribution in [2.45, 2.75) is 44.7 Å². The summed E-state index contributed by atoms with van der Waals surface area (Å²) in [7, 11) is 0. The number of nitrogens with zero attached hydrogens (tertiary/aromatic N) is 4. The maximum atomic E-state index is 13.0. The van der Waals surface area contributed by atoms with Crippen LogP contribution in [0.15, 0.2) is 46.8 Å². The van der Waals surface area contributed by atoms with Gasteiger partial charge in [0.25, 0.3) is 0 Å². The molecule has 1 aliphatic carbocycles. The first kappa shape index (κ1) is 17.7. The van der Waals surface area contributed by atoms with Gasteiger partial charge in [0.15, 0.2) is 5.82 Å². The first-order chi connectivity index (χ1) is 13.2. The Morgan fingerprint density at radius 3 is 2.67 bits per heavy atom. The minimum Gasteiger partial charge on any atom is -0.352 e. The standard InChI is InChI=1S/C19H21N5O2S/c25-17(21-14-5-2-1-3-6-14)13-23-19(26)24(15-8-10-20-11-9-15)18(22-23)16-7-4-12-27-16/h4,7-12,14H,1-3,5-6,13H2,(H,21,25). The van der Waals surface area contributed by atoms with Crippen molar-refractivity contribution in [3.8, 4) is 16.4 Å². The van der Waals surface area contributed by atoms with Crippen LogP contribution in [0.3, 0.4) is 0 Å². The summed E-state index contributed by atoms with van der Waals surface area (Å²) in [5.41, 5.74) is 0.348. The first-order valence-corrected chi connectivity index (χ1v) is 10.0. The van der Waals surface area contributed by atoms with E-state index >= 15 is 0 Å². The third-order valence-electron chi connectivity index (χ3n) is 4.77. The fraction of sp³-hybridized carbons (Fsp3) is 0.368. The third-order valence-corrected chi connectivity index (χ3v) is 5.63. The lowest BCUT2D eigenvalue weighted by Gasteiger charge is -2.22. The summed E-state index contributed by atoms with van der Waals surface area (Å²) in [5, 5.41) is 9.44. The molecular weight excluding hydrogens is 362 g/mol. The molecule has 27 heavy (non-hydrogen) atoms. The number of amides is 1. The summed E-state index contributed by atoms with van der Waals surface area (Å²) in [6.07, 6.45) is 8.79. The van der Waals surface area contributed by atoms with Gasteiger partial charge in [0, 0.05) is 18.4 Å². The van der Waals surface area contributed by atoms with Gasteiger partial charge in [0.1, 0.15) is 6.54 Å². The van der Waals surface area contributed by atoms with Gasteiger partial charge < -0.3 is 5.32 Å². The van der Waals surface area contributed by atoms with Gasteiger partial charge in [-0.2, -0.15) is 0 Å². The van der Waals surface area contributed by atoms with Crippen molar-refractivity contribution in [2.24, 2.45) is 0 Å². The predicted octanol–water partition coefficient (Wildman–Crippen LogP) is 2.61. The van der Waals surface area contributed by atoms with Crippen LogP contribution < -0.4 is 11.0 Å². The van der Waals surface area contributed by atoms with Crippen molar-refractivity contribution < 1.29 is 4.79 Å². The zero-order valence-electron chi connectivity index (χ0n) is 14.9. The quantitative estimate of drug-likeness (QED) is 0.734. The maximum absolute atomic E-state index is 13.0. The van der Waals surface area contributed by atoms with E-state index in [0.29, 0.717) is 11.5 Å². The second-order valence-electron chi connectivity index (χ2n) is 6.68. The van der Waals surface area contributed by atoms with Crippen LogP contribution in [0, 0.1) is 0 Å². The molecule has 8 heteroatoms. The Kier molecular flexibility index (Phi) is 5.15. The zero-order chi connectivity index (χ0) is 18.6. The largest absolute Gasteiger partial charge is 0.352 e. The Labute approximate surface area is 160 Å². The smallest absolute Gasteiger partial charge is 0.351 e. The second kappa shape index (κ2) is 7.87. The van der Waals surface area contributed by atoms with Gasteiger partial charge in [0.2, 0.25) is 5.91 Å². The van der Waals surface area contributed by atoms with E-state index in [2.05, 4.69) is 15.4 Å². The number of pyridine rings is 1. The number of hydrogen-bond donors (Lipinski definition) is 1. The van der Waals surface area contributed by atoms with Gasteiger partial charge in [-0.25, -0.2) is 14.0 Å². The molecule has 4 rings (SSSR count). The lowest BCUT2D eigenvalue weighted by Crippen LogP contribution is -2.40. The molecule has 0 saturated heterocycles. The van der Waals surface area contributed by atoms with Crippen LogP contribution in [0.25, 0.3) is 16.4 Å². The minimum absolute atomic E-state index is 0.0776. The highest BCUT2D eigenvalue weighted by Gasteiger charge is 2.21. The summed E-state index contributed by atoms with van der Waals surface area (Å²) in [6, 6.07) is 7.55. The van der Waals surface area contributed by atoms with Gasteiger partial charge in [-0.3, -0.25) is 9.78 Å². The molecule has 0 radical (unpaired) electrons. The molecule has 3 heterocycles. The Balaban J connectivity index is 1.64. The normalized spacial score (nSPS) is 15.0. The van der Waals surface area contributed by atoms with Crippen LogP contribution >= 0.6 is 11.3 Å². The SMILES string of the molecule is O=C(Cn1nc(-c2cccs2)n(-c2ccncc2)c1=O)NC1CCCCC1. The maximum Gasteiger partial charge on any atom is 0.351 e. The summed E-state index contributed by atoms with van der Waals surface area (Å²) in [6.45, 7) is -0.0776. The number of carbonyl (C=O) groups excluding carboxylic acids is 1. The zero-order valence-corrected chi connectivity index (χ0v) is 15.7. The summed E-state index contributed by atoms with van der Waals surface area (Å²) >= 11 is 1.50. The summed E-state index contributed by atoms with van der Waals surface area (Å²) < 4.78 is 2.77. The van der Waals surface area contributed by atoms with Crippen LogP contribution in [-0.2, 0) is 11.3 Å². The third kappa shape index (κ3) is 3.85. The highest BCUT2D eigenvalue weighted by molar-refractivity contribution is 7.13. The molecule has 1 fully saturated rings. The van der Waals surface area contributed by atoms with Gasteiger partial charge in [-0.15, -0.1) is 16.4 Å². The number of carbonyl (C=O) groups is 1. The Bertz CT molecular complexity index is 956. The minimum atomic E-state index is -0.330. The predicted molar refractivity (Wildman–Crippen MR) is 104 cm³/mol. The second-order valence-corrected chi connectivity index (χ2v) is 7.63. The lowest BCUT2D eigenvalue weighted by atomic mass is 9.95. The molecule has 3 aromatic heterocycles. The number of aromatic nitrogens is 4. The molecule has 0 aromatic carbocycles. The monoisotopic (exact) mass is 383 g/mol. The van der Waals surface area contributed by atoms with Crippen LogP contribution in [0.1, 0.15) is 32.1 Å². The van der Waals surface area contributed by atoms with E-state index in [4.69, 9.17) is 0 Å². The molecule has 3 aromatic rings. The fourth-order valence-electron chi connectivity index (χ4n) is 3.46. The molecule has 0 unspecified atom stereocenters. The van der Waals surface area contributed by atoms with E-state index in [1.165, 1.54) is 27.0 Å². The Morgan fingerprint density at radius 2 is 1.96 bits per heavy atom. The molecule has 0 atom stereocenters. The van der Waals surface area contributed by atoms with Crippen LogP contribution in [0.2, 0.25) is 0 Å². The summed E-state index contributed by atoms with van der Waals surface area (Å²) in [5.74, 6) is 0.368. The van der Waals surface area contributed by atoms with Gasteiger partial charge in [-0.05, 0) is 36.4 Å². The topological polar surface area (TPSA) is 81.8 Å². The average Bonchev–Trinajstić information content (AvgIpc) is 3.32. The molecule has 0 spiro atoms. The molecular formula is C19H21N5O2S. The van der Waals surface area contributed by atoms with Crippen molar-refractivity contribution in [1.82, 2.24) is 24.6 Å². The molecule has 1 saturated carbocycles. The van der Waals surface area contributed by atoms with Crippen molar-refractivity contribution in [1.29, 1.82) is 0 Å². The highest BCUT2D eigenvalue weighted by atomic mass is 32.1. The number of hydrogen-bond acceptors (Lipinski definition) is 5. The fourth-order valence-corrected chi connectivity index (χ4v) is 4.16. The number of thiophene rings is 1. The molecule has 1 N–H and O–H groups in total. The van der Waals surface area contributed by atoms with E-state index in [0.717, 1.165) is 30.6 Å². The van der Waals surface area contributed by atoms with E-state index in [1.54, 1.807) is 24.5 Å². The molecule has 0 bridgehead atoms. The van der Waals surface area contributed by atoms with Crippen LogP contribution in [0.4, 0.5) is 0 Å². The molecule has 0 aliphatic heterocycles.